The maximum absolute atomic E-state index is 13.3. The Bertz CT molecular complexity index is 1710. The molecule has 4 aliphatic rings. The van der Waals surface area contributed by atoms with E-state index in [4.69, 9.17) is 19.4 Å². The number of nitrogens with one attached hydrogen (secondary N) is 2. The maximum Gasteiger partial charge on any atom is 0.411 e. The number of piperidine rings is 2. The predicted molar refractivity (Wildman–Crippen MR) is 175 cm³/mol. The number of imidazole rings is 2. The maximum atomic E-state index is 13.3. The first kappa shape index (κ1) is 29.3. The van der Waals surface area contributed by atoms with Crippen LogP contribution < -0.4 is 0 Å². The van der Waals surface area contributed by atoms with E-state index in [0.29, 0.717) is 11.8 Å². The van der Waals surface area contributed by atoms with Crippen LogP contribution in [0.2, 0.25) is 0 Å². The fourth-order valence-corrected chi connectivity index (χ4v) is 8.53. The number of aromatic nitrogens is 4. The van der Waals surface area contributed by atoms with Crippen LogP contribution in [-0.4, -0.2) is 65.2 Å². The molecule has 4 aromatic rings. The zero-order valence-electron chi connectivity index (χ0n) is 27.6. The van der Waals surface area contributed by atoms with Crippen LogP contribution in [-0.2, 0) is 9.47 Å². The van der Waals surface area contributed by atoms with Gasteiger partial charge in [0.25, 0.3) is 0 Å². The molecule has 6 atom stereocenters. The molecule has 4 heterocycles. The van der Waals surface area contributed by atoms with Gasteiger partial charge in [0, 0.05) is 12.1 Å². The summed E-state index contributed by atoms with van der Waals surface area (Å²) in [6.45, 7) is 11.5. The van der Waals surface area contributed by atoms with Gasteiger partial charge in [-0.3, -0.25) is 9.80 Å². The first-order valence-corrected chi connectivity index (χ1v) is 16.8. The van der Waals surface area contributed by atoms with Crippen molar-refractivity contribution in [3.8, 4) is 11.1 Å². The van der Waals surface area contributed by atoms with Gasteiger partial charge in [0.2, 0.25) is 0 Å². The molecule has 10 nitrogen and oxygen atoms in total. The second kappa shape index (κ2) is 10.2. The van der Waals surface area contributed by atoms with Crippen LogP contribution in [0.4, 0.5) is 9.59 Å². The highest BCUT2D eigenvalue weighted by molar-refractivity contribution is 5.86. The average Bonchev–Trinajstić information content (AvgIpc) is 3.82. The van der Waals surface area contributed by atoms with Crippen molar-refractivity contribution in [2.24, 2.45) is 11.8 Å². The van der Waals surface area contributed by atoms with E-state index in [0.717, 1.165) is 83.4 Å². The monoisotopic (exact) mass is 624 g/mol. The van der Waals surface area contributed by atoms with Gasteiger partial charge in [-0.1, -0.05) is 12.1 Å². The summed E-state index contributed by atoms with van der Waals surface area (Å²) in [5.41, 5.74) is 4.69. The van der Waals surface area contributed by atoms with Gasteiger partial charge >= 0.3 is 12.2 Å². The number of carbonyl (C=O) groups excluding carboxylic acids is 2. The quantitative estimate of drug-likeness (QED) is 0.238. The van der Waals surface area contributed by atoms with Crippen molar-refractivity contribution >= 4 is 34.3 Å². The van der Waals surface area contributed by atoms with Crippen LogP contribution in [0.15, 0.2) is 36.4 Å². The molecule has 2 saturated heterocycles. The van der Waals surface area contributed by atoms with E-state index >= 15 is 0 Å². The Morgan fingerprint density at radius 1 is 0.674 bits per heavy atom. The van der Waals surface area contributed by atoms with Crippen molar-refractivity contribution in [3.05, 3.63) is 48.0 Å². The summed E-state index contributed by atoms with van der Waals surface area (Å²) in [5, 5.41) is 0. The summed E-state index contributed by atoms with van der Waals surface area (Å²) in [5.74, 6) is 2.44. The molecule has 2 aliphatic heterocycles. The Kier molecular flexibility index (Phi) is 6.51. The van der Waals surface area contributed by atoms with Crippen LogP contribution in [0.25, 0.3) is 33.2 Å². The smallest absolute Gasteiger partial charge is 0.411 e. The minimum absolute atomic E-state index is 0.102. The molecule has 0 radical (unpaired) electrons. The standard InChI is InChI=1S/C36H44N6O4/c1-35(2,3)45-33(43)41-23-11-7-21(15-23)29(41)31-37-25-13-9-19(17-27(25)39-31)20-10-14-26-28(18-20)40-32(38-26)30-22-8-12-24(16-22)42(30)34(44)46-36(4,5)6/h9-10,13-14,17-18,21-24,29-30H,7-8,11-12,15-16H2,1-6H3,(H,37,39)(H,38,40)/t21-,22-,23+,24+,29-,30-/m0/s1. The number of H-pyrrole nitrogens is 2. The molecule has 8 rings (SSSR count). The molecule has 2 aliphatic carbocycles. The Hall–Kier alpha value is -4.08. The number of fused-ring (bicyclic) bond motifs is 6. The fourth-order valence-electron chi connectivity index (χ4n) is 8.53. The van der Waals surface area contributed by atoms with Crippen LogP contribution in [0.5, 0.6) is 0 Å². The van der Waals surface area contributed by atoms with Crippen LogP contribution in [0, 0.1) is 11.8 Å². The number of rotatable bonds is 3. The Balaban J connectivity index is 1.07. The molecule has 4 bridgehead atoms. The zero-order chi connectivity index (χ0) is 32.1. The van der Waals surface area contributed by atoms with Gasteiger partial charge in [-0.25, -0.2) is 19.6 Å². The van der Waals surface area contributed by atoms with Gasteiger partial charge < -0.3 is 19.4 Å². The van der Waals surface area contributed by atoms with Crippen molar-refractivity contribution < 1.29 is 19.1 Å². The molecule has 0 spiro atoms. The van der Waals surface area contributed by atoms with Gasteiger partial charge in [0.1, 0.15) is 22.9 Å². The van der Waals surface area contributed by atoms with Gasteiger partial charge in [0.15, 0.2) is 0 Å². The molecule has 10 heteroatoms. The highest BCUT2D eigenvalue weighted by atomic mass is 16.6. The first-order chi connectivity index (χ1) is 21.8. The number of carbonyl (C=O) groups is 2. The fraction of sp³-hybridized carbons (Fsp3) is 0.556. The highest BCUT2D eigenvalue weighted by Gasteiger charge is 2.52. The van der Waals surface area contributed by atoms with E-state index < -0.39 is 11.2 Å². The number of aromatic amines is 2. The molecule has 2 N–H and O–H groups in total. The molecule has 2 aromatic heterocycles. The van der Waals surface area contributed by atoms with E-state index in [2.05, 4.69) is 34.2 Å². The Labute approximate surface area is 269 Å². The molecule has 2 amide bonds. The molecule has 242 valence electrons. The van der Waals surface area contributed by atoms with E-state index in [-0.39, 0.29) is 36.4 Å². The Morgan fingerprint density at radius 2 is 1.09 bits per heavy atom. The van der Waals surface area contributed by atoms with Gasteiger partial charge in [-0.2, -0.15) is 0 Å². The summed E-state index contributed by atoms with van der Waals surface area (Å²) in [4.78, 5) is 47.5. The second-order valence-electron chi connectivity index (χ2n) is 15.8. The van der Waals surface area contributed by atoms with Crippen LogP contribution in [0.1, 0.15) is 104 Å². The van der Waals surface area contributed by atoms with Crippen molar-refractivity contribution in [1.82, 2.24) is 29.7 Å². The number of ether oxygens (including phenoxy) is 2. The molecule has 2 saturated carbocycles. The summed E-state index contributed by atoms with van der Waals surface area (Å²) in [6.07, 6.45) is 5.72. The summed E-state index contributed by atoms with van der Waals surface area (Å²) < 4.78 is 11.6. The van der Waals surface area contributed by atoms with Gasteiger partial charge in [0.05, 0.1) is 34.2 Å². The van der Waals surface area contributed by atoms with Crippen molar-refractivity contribution in [2.45, 2.75) is 115 Å². The lowest BCUT2D eigenvalue weighted by Crippen LogP contribution is -2.43. The average molecular weight is 625 g/mol. The number of nitrogens with zero attached hydrogens (tertiary/aromatic N) is 4. The molecule has 4 fully saturated rings. The summed E-state index contributed by atoms with van der Waals surface area (Å²) >= 11 is 0. The normalized spacial score (nSPS) is 27.3. The number of benzene rings is 2. The van der Waals surface area contributed by atoms with E-state index in [1.165, 1.54) is 0 Å². The molecule has 46 heavy (non-hydrogen) atoms. The molecule has 0 unspecified atom stereocenters. The minimum atomic E-state index is -0.545. The Morgan fingerprint density at radius 3 is 1.48 bits per heavy atom. The lowest BCUT2D eigenvalue weighted by Gasteiger charge is -2.35. The summed E-state index contributed by atoms with van der Waals surface area (Å²) in [6, 6.07) is 12.8. The van der Waals surface area contributed by atoms with Crippen LogP contribution >= 0.6 is 0 Å². The number of hydrogen-bond donors (Lipinski definition) is 2. The minimum Gasteiger partial charge on any atom is -0.444 e. The topological polar surface area (TPSA) is 116 Å². The SMILES string of the molecule is CC(C)(C)OC(=O)N1[C@@H]2CC[C@@H](C2)[C@H]1c1nc2ccc(-c3ccc4nc([C@@H]5[C@H]6CC[C@H](C6)N5C(=O)OC(C)(C)C)[nH]c4c3)cc2[nH]1. The highest BCUT2D eigenvalue weighted by Crippen LogP contribution is 2.51. The zero-order valence-corrected chi connectivity index (χ0v) is 27.6. The van der Waals surface area contributed by atoms with Crippen molar-refractivity contribution in [3.63, 3.8) is 0 Å². The number of amides is 2. The van der Waals surface area contributed by atoms with Crippen molar-refractivity contribution in [2.75, 3.05) is 0 Å². The van der Waals surface area contributed by atoms with Gasteiger partial charge in [-0.15, -0.1) is 0 Å². The predicted octanol–water partition coefficient (Wildman–Crippen LogP) is 8.03. The molecule has 2 aromatic carbocycles. The third-order valence-electron chi connectivity index (χ3n) is 10.3. The van der Waals surface area contributed by atoms with Gasteiger partial charge in [-0.05, 0) is 127 Å². The van der Waals surface area contributed by atoms with E-state index in [9.17, 15) is 9.59 Å². The second-order valence-corrected chi connectivity index (χ2v) is 15.8. The lowest BCUT2D eigenvalue weighted by molar-refractivity contribution is 0.00526. The summed E-state index contributed by atoms with van der Waals surface area (Å²) in [7, 11) is 0. The first-order valence-electron chi connectivity index (χ1n) is 16.8. The third kappa shape index (κ3) is 5.00. The lowest BCUT2D eigenvalue weighted by atomic mass is 9.98. The van der Waals surface area contributed by atoms with Crippen molar-refractivity contribution in [1.29, 1.82) is 0 Å². The number of likely N-dealkylation sites (tertiary alicyclic amines) is 2. The van der Waals surface area contributed by atoms with E-state index in [1.807, 2.05) is 63.5 Å². The number of hydrogen-bond acceptors (Lipinski definition) is 6. The van der Waals surface area contributed by atoms with E-state index in [1.54, 1.807) is 0 Å². The largest absolute Gasteiger partial charge is 0.444 e. The molecular formula is C36H44N6O4. The van der Waals surface area contributed by atoms with Crippen LogP contribution in [0.3, 0.4) is 0 Å². The third-order valence-corrected chi connectivity index (χ3v) is 10.3. The molecular weight excluding hydrogens is 580 g/mol.